The number of fused-ring (bicyclic) bond motifs is 2. The van der Waals surface area contributed by atoms with Gasteiger partial charge in [-0.1, -0.05) is 35.6 Å². The molecule has 2 aromatic carbocycles. The van der Waals surface area contributed by atoms with E-state index in [2.05, 4.69) is 4.99 Å². The van der Waals surface area contributed by atoms with Crippen LogP contribution in [0.2, 0.25) is 0 Å². The summed E-state index contributed by atoms with van der Waals surface area (Å²) in [5, 5.41) is 0. The molecule has 0 saturated carbocycles. The number of carbonyl (C=O) groups is 2. The van der Waals surface area contributed by atoms with Gasteiger partial charge < -0.3 is 9.47 Å². The maximum Gasteiger partial charge on any atom is 0.263 e. The second kappa shape index (κ2) is 7.81. The Bertz CT molecular complexity index is 1340. The molecule has 0 saturated heterocycles. The molecule has 0 atom stereocenters. The van der Waals surface area contributed by atoms with Crippen LogP contribution in [0.3, 0.4) is 0 Å². The number of para-hydroxylation sites is 1. The standard InChI is InChI=1S/C21H21N3O4S2/c1-14-7-8-17-18(11-14)29-21(23(17)2)22-19(25)12-30(27,28)13-20(26)24-10-9-15-5-3-4-6-16(15)24/h3-8,11H,9-10,12-13H2,1-2H3. The summed E-state index contributed by atoms with van der Waals surface area (Å²) in [5.74, 6) is -2.79. The molecule has 0 radical (unpaired) electrons. The van der Waals surface area contributed by atoms with Gasteiger partial charge in [-0.05, 0) is 42.7 Å². The molecular formula is C21H21N3O4S2. The van der Waals surface area contributed by atoms with Crippen LogP contribution in [0.5, 0.6) is 0 Å². The van der Waals surface area contributed by atoms with Crippen LogP contribution in [-0.2, 0) is 32.9 Å². The molecule has 0 bridgehead atoms. The fraction of sp³-hybridized carbons (Fsp3) is 0.286. The van der Waals surface area contributed by atoms with E-state index in [0.717, 1.165) is 27.0 Å². The van der Waals surface area contributed by atoms with Crippen molar-refractivity contribution in [3.63, 3.8) is 0 Å². The SMILES string of the molecule is Cc1ccc2c(c1)sc(=NC(=O)CS(=O)(=O)CC(=O)N1CCc3ccccc31)n2C. The van der Waals surface area contributed by atoms with Crippen molar-refractivity contribution in [2.75, 3.05) is 23.0 Å². The molecule has 0 spiro atoms. The second-order valence-corrected chi connectivity index (χ2v) is 10.5. The smallest absolute Gasteiger partial charge is 0.263 e. The van der Waals surface area contributed by atoms with Crippen molar-refractivity contribution in [1.29, 1.82) is 0 Å². The minimum absolute atomic E-state index is 0.426. The van der Waals surface area contributed by atoms with Crippen molar-refractivity contribution in [3.8, 4) is 0 Å². The van der Waals surface area contributed by atoms with E-state index in [1.165, 1.54) is 16.2 Å². The molecule has 30 heavy (non-hydrogen) atoms. The molecule has 2 amide bonds. The Kier molecular flexibility index (Phi) is 5.33. The lowest BCUT2D eigenvalue weighted by Gasteiger charge is -2.17. The van der Waals surface area contributed by atoms with Crippen molar-refractivity contribution < 1.29 is 18.0 Å². The van der Waals surface area contributed by atoms with Crippen LogP contribution < -0.4 is 9.70 Å². The van der Waals surface area contributed by atoms with Gasteiger partial charge in [-0.2, -0.15) is 4.99 Å². The number of anilines is 1. The highest BCUT2D eigenvalue weighted by atomic mass is 32.2. The minimum atomic E-state index is -3.93. The highest BCUT2D eigenvalue weighted by molar-refractivity contribution is 7.92. The highest BCUT2D eigenvalue weighted by Gasteiger charge is 2.29. The Morgan fingerprint density at radius 1 is 1.13 bits per heavy atom. The lowest BCUT2D eigenvalue weighted by molar-refractivity contribution is -0.116. The molecule has 0 aliphatic carbocycles. The fourth-order valence-corrected chi connectivity index (χ4v) is 5.80. The molecule has 4 rings (SSSR count). The number of nitrogens with zero attached hydrogens (tertiary/aromatic N) is 3. The quantitative estimate of drug-likeness (QED) is 0.617. The number of hydrogen-bond acceptors (Lipinski definition) is 5. The van der Waals surface area contributed by atoms with Crippen molar-refractivity contribution >= 4 is 48.9 Å². The average Bonchev–Trinajstić information content (AvgIpc) is 3.22. The molecule has 2 heterocycles. The molecule has 1 aliphatic rings. The molecule has 0 fully saturated rings. The number of hydrogen-bond donors (Lipinski definition) is 0. The molecule has 7 nitrogen and oxygen atoms in total. The molecule has 156 valence electrons. The van der Waals surface area contributed by atoms with Crippen LogP contribution in [0, 0.1) is 6.92 Å². The largest absolute Gasteiger partial charge is 0.319 e. The zero-order valence-corrected chi connectivity index (χ0v) is 18.3. The van der Waals surface area contributed by atoms with Crippen LogP contribution in [0.15, 0.2) is 47.5 Å². The van der Waals surface area contributed by atoms with E-state index in [0.29, 0.717) is 17.8 Å². The number of sulfone groups is 1. The average molecular weight is 444 g/mol. The Morgan fingerprint density at radius 3 is 2.70 bits per heavy atom. The maximum absolute atomic E-state index is 12.6. The van der Waals surface area contributed by atoms with Gasteiger partial charge in [-0.25, -0.2) is 8.42 Å². The summed E-state index contributed by atoms with van der Waals surface area (Å²) < 4.78 is 27.7. The summed E-state index contributed by atoms with van der Waals surface area (Å²) in [6, 6.07) is 13.3. The molecule has 3 aromatic rings. The van der Waals surface area contributed by atoms with Gasteiger partial charge in [0.25, 0.3) is 5.91 Å². The van der Waals surface area contributed by atoms with Crippen molar-refractivity contribution in [3.05, 3.63) is 58.4 Å². The Morgan fingerprint density at radius 2 is 1.90 bits per heavy atom. The number of thiazole rings is 1. The number of amides is 2. The first-order valence-electron chi connectivity index (χ1n) is 9.46. The number of aryl methyl sites for hydroxylation is 2. The van der Waals surface area contributed by atoms with E-state index in [4.69, 9.17) is 0 Å². The number of benzene rings is 2. The first kappa shape index (κ1) is 20.5. The Labute approximate surface area is 178 Å². The van der Waals surface area contributed by atoms with Gasteiger partial charge in [-0.3, -0.25) is 9.59 Å². The van der Waals surface area contributed by atoms with E-state index < -0.39 is 33.2 Å². The van der Waals surface area contributed by atoms with Gasteiger partial charge in [0, 0.05) is 19.3 Å². The minimum Gasteiger partial charge on any atom is -0.319 e. The third kappa shape index (κ3) is 4.08. The Balaban J connectivity index is 1.50. The number of rotatable bonds is 4. The molecule has 0 unspecified atom stereocenters. The number of aromatic nitrogens is 1. The van der Waals surface area contributed by atoms with Crippen LogP contribution in [0.1, 0.15) is 11.1 Å². The molecule has 0 N–H and O–H groups in total. The van der Waals surface area contributed by atoms with E-state index >= 15 is 0 Å². The predicted molar refractivity (Wildman–Crippen MR) is 117 cm³/mol. The zero-order valence-electron chi connectivity index (χ0n) is 16.7. The lowest BCUT2D eigenvalue weighted by Crippen LogP contribution is -2.36. The van der Waals surface area contributed by atoms with Crippen LogP contribution in [-0.4, -0.2) is 42.8 Å². The molecule has 9 heteroatoms. The molecule has 1 aliphatic heterocycles. The normalized spacial score (nSPS) is 14.3. The third-order valence-electron chi connectivity index (χ3n) is 5.06. The van der Waals surface area contributed by atoms with Gasteiger partial charge in [0.2, 0.25) is 5.91 Å². The van der Waals surface area contributed by atoms with Gasteiger partial charge >= 0.3 is 0 Å². The summed E-state index contributed by atoms with van der Waals surface area (Å²) >= 11 is 1.32. The van der Waals surface area contributed by atoms with Crippen molar-refractivity contribution in [2.24, 2.45) is 12.0 Å². The van der Waals surface area contributed by atoms with E-state index in [1.54, 1.807) is 17.7 Å². The second-order valence-electron chi connectivity index (χ2n) is 7.38. The summed E-state index contributed by atoms with van der Waals surface area (Å²) in [6.07, 6.45) is 0.693. The van der Waals surface area contributed by atoms with Gasteiger partial charge in [-0.15, -0.1) is 0 Å². The van der Waals surface area contributed by atoms with Gasteiger partial charge in [0.15, 0.2) is 14.6 Å². The predicted octanol–water partition coefficient (Wildman–Crippen LogP) is 1.98. The topological polar surface area (TPSA) is 88.8 Å². The monoisotopic (exact) mass is 443 g/mol. The molecular weight excluding hydrogens is 422 g/mol. The summed E-state index contributed by atoms with van der Waals surface area (Å²) in [4.78, 5) is 30.8. The van der Waals surface area contributed by atoms with Crippen LogP contribution in [0.25, 0.3) is 10.2 Å². The first-order valence-corrected chi connectivity index (χ1v) is 12.1. The van der Waals surface area contributed by atoms with Crippen LogP contribution >= 0.6 is 11.3 Å². The summed E-state index contributed by atoms with van der Waals surface area (Å²) in [7, 11) is -2.15. The summed E-state index contributed by atoms with van der Waals surface area (Å²) in [5.41, 5.74) is 3.76. The van der Waals surface area contributed by atoms with Crippen molar-refractivity contribution in [1.82, 2.24) is 4.57 Å². The summed E-state index contributed by atoms with van der Waals surface area (Å²) in [6.45, 7) is 2.42. The first-order chi connectivity index (χ1) is 14.2. The van der Waals surface area contributed by atoms with Gasteiger partial charge in [0.1, 0.15) is 11.5 Å². The van der Waals surface area contributed by atoms with E-state index in [1.807, 2.05) is 43.3 Å². The van der Waals surface area contributed by atoms with Crippen LogP contribution in [0.4, 0.5) is 5.69 Å². The third-order valence-corrected chi connectivity index (χ3v) is 7.53. The maximum atomic E-state index is 12.6. The Hall–Kier alpha value is -2.78. The van der Waals surface area contributed by atoms with E-state index in [9.17, 15) is 18.0 Å². The zero-order chi connectivity index (χ0) is 21.5. The lowest BCUT2D eigenvalue weighted by atomic mass is 10.2. The highest BCUT2D eigenvalue weighted by Crippen LogP contribution is 2.27. The fourth-order valence-electron chi connectivity index (χ4n) is 3.59. The van der Waals surface area contributed by atoms with E-state index in [-0.39, 0.29) is 0 Å². The molecule has 1 aromatic heterocycles. The van der Waals surface area contributed by atoms with Crippen molar-refractivity contribution in [2.45, 2.75) is 13.3 Å². The number of carbonyl (C=O) groups excluding carboxylic acids is 2. The van der Waals surface area contributed by atoms with Gasteiger partial charge in [0.05, 0.1) is 10.2 Å².